The summed E-state index contributed by atoms with van der Waals surface area (Å²) in [5.74, 6) is -0.965. The average molecular weight is 413 g/mol. The number of carbonyl (C=O) groups excluding carboxylic acids is 3. The number of fused-ring (bicyclic) bond motifs is 3. The number of benzene rings is 3. The first kappa shape index (κ1) is 19.3. The molecule has 0 saturated carbocycles. The molecule has 2 aliphatic heterocycles. The fraction of sp³-hybridized carbons (Fsp3) is 0.240. The highest BCUT2D eigenvalue weighted by Crippen LogP contribution is 2.43. The monoisotopic (exact) mass is 413 g/mol. The van der Waals surface area contributed by atoms with Crippen LogP contribution in [0.25, 0.3) is 10.8 Å². The Labute approximate surface area is 180 Å². The number of anilines is 1. The molecule has 1 spiro atoms. The van der Waals surface area contributed by atoms with Crippen LogP contribution >= 0.6 is 0 Å². The van der Waals surface area contributed by atoms with Crippen LogP contribution in [0.3, 0.4) is 0 Å². The standard InChI is InChI=1S/C25H23N3O3/c1-16(17-8-4-3-5-9-17)28-23(30)25(22(29)26-24(28)31)14-20-19-11-7-6-10-18(19)12-13-21(20)27(2)15-25/h3-13,16H,14-15H2,1-2H3,(H,26,29,31)/t16-,25+/m0/s1. The lowest BCUT2D eigenvalue weighted by molar-refractivity contribution is -0.152. The number of amides is 4. The summed E-state index contributed by atoms with van der Waals surface area (Å²) in [6, 6.07) is 20.3. The molecule has 2 heterocycles. The molecule has 6 heteroatoms. The van der Waals surface area contributed by atoms with Gasteiger partial charge in [-0.15, -0.1) is 0 Å². The summed E-state index contributed by atoms with van der Waals surface area (Å²) in [7, 11) is 1.89. The van der Waals surface area contributed by atoms with E-state index in [1.54, 1.807) is 0 Å². The van der Waals surface area contributed by atoms with Crippen LogP contribution in [0.2, 0.25) is 0 Å². The minimum absolute atomic E-state index is 0.217. The predicted molar refractivity (Wildman–Crippen MR) is 119 cm³/mol. The number of hydrogen-bond acceptors (Lipinski definition) is 4. The zero-order valence-electron chi connectivity index (χ0n) is 17.5. The number of hydrogen-bond donors (Lipinski definition) is 1. The van der Waals surface area contributed by atoms with E-state index in [2.05, 4.69) is 11.4 Å². The molecule has 2 atom stereocenters. The van der Waals surface area contributed by atoms with Crippen molar-refractivity contribution in [2.75, 3.05) is 18.5 Å². The lowest BCUT2D eigenvalue weighted by atomic mass is 9.73. The normalized spacial score (nSPS) is 21.9. The van der Waals surface area contributed by atoms with Crippen LogP contribution in [0.1, 0.15) is 24.1 Å². The molecule has 0 radical (unpaired) electrons. The van der Waals surface area contributed by atoms with Crippen LogP contribution in [-0.2, 0) is 16.0 Å². The van der Waals surface area contributed by atoms with E-state index in [9.17, 15) is 14.4 Å². The highest BCUT2D eigenvalue weighted by Gasteiger charge is 2.57. The number of barbiturate groups is 1. The first-order valence-corrected chi connectivity index (χ1v) is 10.4. The maximum atomic E-state index is 13.8. The van der Waals surface area contributed by atoms with Gasteiger partial charge in [-0.05, 0) is 34.9 Å². The SMILES string of the molecule is C[C@@H](c1ccccc1)N1C(=O)NC(=O)[C@]2(Cc3c(ccc4ccccc34)N(C)C2)C1=O. The molecule has 0 unspecified atom stereocenters. The topological polar surface area (TPSA) is 69.7 Å². The molecular formula is C25H23N3O3. The summed E-state index contributed by atoms with van der Waals surface area (Å²) in [6.45, 7) is 2.03. The summed E-state index contributed by atoms with van der Waals surface area (Å²) in [5, 5.41) is 4.55. The largest absolute Gasteiger partial charge is 0.373 e. The van der Waals surface area contributed by atoms with Crippen molar-refractivity contribution >= 4 is 34.3 Å². The molecular weight excluding hydrogens is 390 g/mol. The third-order valence-electron chi connectivity index (χ3n) is 6.58. The number of nitrogens with zero attached hydrogens (tertiary/aromatic N) is 2. The highest BCUT2D eigenvalue weighted by molar-refractivity contribution is 6.20. The third-order valence-corrected chi connectivity index (χ3v) is 6.58. The molecule has 0 bridgehead atoms. The van der Waals surface area contributed by atoms with Crippen molar-refractivity contribution < 1.29 is 14.4 Å². The molecule has 0 aliphatic carbocycles. The zero-order chi connectivity index (χ0) is 21.8. The maximum absolute atomic E-state index is 13.8. The molecule has 31 heavy (non-hydrogen) atoms. The van der Waals surface area contributed by atoms with Gasteiger partial charge in [0.25, 0.3) is 0 Å². The van der Waals surface area contributed by atoms with Crippen molar-refractivity contribution in [2.45, 2.75) is 19.4 Å². The van der Waals surface area contributed by atoms with E-state index < -0.39 is 29.3 Å². The van der Waals surface area contributed by atoms with E-state index in [1.165, 1.54) is 4.90 Å². The average Bonchev–Trinajstić information content (AvgIpc) is 2.78. The maximum Gasteiger partial charge on any atom is 0.331 e. The number of carbonyl (C=O) groups is 3. The predicted octanol–water partition coefficient (Wildman–Crippen LogP) is 3.66. The number of rotatable bonds is 2. The van der Waals surface area contributed by atoms with Gasteiger partial charge in [0, 0.05) is 25.7 Å². The minimum Gasteiger partial charge on any atom is -0.373 e. The van der Waals surface area contributed by atoms with Crippen LogP contribution in [0.5, 0.6) is 0 Å². The molecule has 3 aromatic rings. The molecule has 1 fully saturated rings. The van der Waals surface area contributed by atoms with Crippen LogP contribution in [-0.4, -0.2) is 36.3 Å². The minimum atomic E-state index is -1.36. The third kappa shape index (κ3) is 2.82. The Balaban J connectivity index is 1.62. The van der Waals surface area contributed by atoms with Crippen molar-refractivity contribution in [3.05, 3.63) is 77.9 Å². The molecule has 0 aromatic heterocycles. The molecule has 2 aliphatic rings. The van der Waals surface area contributed by atoms with Gasteiger partial charge in [0.05, 0.1) is 6.04 Å². The van der Waals surface area contributed by atoms with Crippen molar-refractivity contribution in [1.82, 2.24) is 10.2 Å². The molecule has 4 amide bonds. The number of urea groups is 1. The van der Waals surface area contributed by atoms with Crippen LogP contribution in [0.15, 0.2) is 66.7 Å². The van der Waals surface area contributed by atoms with Crippen molar-refractivity contribution in [3.63, 3.8) is 0 Å². The summed E-state index contributed by atoms with van der Waals surface area (Å²) in [6.07, 6.45) is 0.254. The van der Waals surface area contributed by atoms with Crippen LogP contribution in [0, 0.1) is 5.41 Å². The van der Waals surface area contributed by atoms with Gasteiger partial charge in [-0.25, -0.2) is 4.79 Å². The van der Waals surface area contributed by atoms with E-state index in [0.717, 1.165) is 27.6 Å². The first-order chi connectivity index (χ1) is 14.9. The fourth-order valence-electron chi connectivity index (χ4n) is 4.94. The second-order valence-corrected chi connectivity index (χ2v) is 8.42. The van der Waals surface area contributed by atoms with Gasteiger partial charge in [-0.1, -0.05) is 60.7 Å². The summed E-state index contributed by atoms with van der Waals surface area (Å²) in [4.78, 5) is 42.9. The van der Waals surface area contributed by atoms with Gasteiger partial charge in [0.1, 0.15) is 5.41 Å². The first-order valence-electron chi connectivity index (χ1n) is 10.4. The highest BCUT2D eigenvalue weighted by atomic mass is 16.2. The lowest BCUT2D eigenvalue weighted by Gasteiger charge is -2.46. The summed E-state index contributed by atoms with van der Waals surface area (Å²) < 4.78 is 0. The van der Waals surface area contributed by atoms with Gasteiger partial charge in [-0.2, -0.15) is 0 Å². The number of nitrogens with one attached hydrogen (secondary N) is 1. The van der Waals surface area contributed by atoms with Crippen LogP contribution in [0.4, 0.5) is 10.5 Å². The Morgan fingerprint density at radius 1 is 0.935 bits per heavy atom. The molecule has 1 N–H and O–H groups in total. The van der Waals surface area contributed by atoms with Crippen molar-refractivity contribution in [2.24, 2.45) is 5.41 Å². The van der Waals surface area contributed by atoms with E-state index >= 15 is 0 Å². The summed E-state index contributed by atoms with van der Waals surface area (Å²) in [5.41, 5.74) is 1.44. The molecule has 3 aromatic carbocycles. The smallest absolute Gasteiger partial charge is 0.331 e. The molecule has 1 saturated heterocycles. The van der Waals surface area contributed by atoms with Gasteiger partial charge in [-0.3, -0.25) is 19.8 Å². The molecule has 6 nitrogen and oxygen atoms in total. The second kappa shape index (κ2) is 6.94. The van der Waals surface area contributed by atoms with Gasteiger partial charge < -0.3 is 4.90 Å². The van der Waals surface area contributed by atoms with Gasteiger partial charge in [0.2, 0.25) is 11.8 Å². The van der Waals surface area contributed by atoms with E-state index in [4.69, 9.17) is 0 Å². The van der Waals surface area contributed by atoms with Gasteiger partial charge in [0.15, 0.2) is 0 Å². The van der Waals surface area contributed by atoms with Gasteiger partial charge >= 0.3 is 6.03 Å². The second-order valence-electron chi connectivity index (χ2n) is 8.42. The van der Waals surface area contributed by atoms with E-state index in [1.807, 2.05) is 79.5 Å². The Morgan fingerprint density at radius 2 is 1.65 bits per heavy atom. The van der Waals surface area contributed by atoms with Crippen LogP contribution < -0.4 is 10.2 Å². The Hall–Kier alpha value is -3.67. The molecule has 156 valence electrons. The lowest BCUT2D eigenvalue weighted by Crippen LogP contribution is -2.68. The number of imide groups is 2. The fourth-order valence-corrected chi connectivity index (χ4v) is 4.94. The van der Waals surface area contributed by atoms with Crippen molar-refractivity contribution in [1.29, 1.82) is 0 Å². The Bertz CT molecular complexity index is 1220. The van der Waals surface area contributed by atoms with Crippen molar-refractivity contribution in [3.8, 4) is 0 Å². The Morgan fingerprint density at radius 3 is 2.42 bits per heavy atom. The molecule has 5 rings (SSSR count). The summed E-state index contributed by atoms with van der Waals surface area (Å²) >= 11 is 0. The van der Waals surface area contributed by atoms with E-state index in [0.29, 0.717) is 0 Å². The quantitative estimate of drug-likeness (QED) is 0.651. The Kier molecular flexibility index (Phi) is 4.32. The van der Waals surface area contributed by atoms with E-state index in [-0.39, 0.29) is 13.0 Å². The zero-order valence-corrected chi connectivity index (χ0v) is 17.5.